The van der Waals surface area contributed by atoms with Crippen molar-refractivity contribution in [3.05, 3.63) is 77.6 Å². The number of unbranched alkanes of at least 4 members (excludes halogenated alkanes) is 1. The van der Waals surface area contributed by atoms with Gasteiger partial charge in [0.2, 0.25) is 5.95 Å². The first-order valence-electron chi connectivity index (χ1n) is 11.7. The molecule has 0 bridgehead atoms. The molecule has 1 atom stereocenters. The van der Waals surface area contributed by atoms with E-state index in [2.05, 4.69) is 22.2 Å². The number of nitrogens with zero attached hydrogens (tertiary/aromatic N) is 4. The quantitative estimate of drug-likeness (QED) is 0.384. The van der Waals surface area contributed by atoms with Crippen LogP contribution in [0.1, 0.15) is 48.3 Å². The molecule has 8 nitrogen and oxygen atoms in total. The van der Waals surface area contributed by atoms with E-state index in [-0.39, 0.29) is 17.8 Å². The van der Waals surface area contributed by atoms with E-state index >= 15 is 0 Å². The number of rotatable bonds is 8. The Balaban J connectivity index is 1.87. The summed E-state index contributed by atoms with van der Waals surface area (Å²) in [6.07, 6.45) is 4.98. The molecule has 0 spiro atoms. The lowest BCUT2D eigenvalue weighted by molar-refractivity contribution is -0.129. The SMILES string of the molecule is CCCCNC(=O)c1cc(C2(c3cccc(-c4cccnc4F)c3)N=C(N)N(C)C2=O)cn1CC. The predicted octanol–water partition coefficient (Wildman–Crippen LogP) is 3.27. The Kier molecular flexibility index (Phi) is 6.68. The smallest absolute Gasteiger partial charge is 0.267 e. The number of pyridine rings is 1. The molecule has 3 aromatic rings. The molecule has 0 fully saturated rings. The van der Waals surface area contributed by atoms with E-state index in [1.807, 2.05) is 6.92 Å². The summed E-state index contributed by atoms with van der Waals surface area (Å²) in [7, 11) is 1.56. The van der Waals surface area contributed by atoms with Gasteiger partial charge in [-0.1, -0.05) is 31.5 Å². The summed E-state index contributed by atoms with van der Waals surface area (Å²) in [6, 6.07) is 11.9. The van der Waals surface area contributed by atoms with Crippen LogP contribution in [-0.2, 0) is 16.9 Å². The highest BCUT2D eigenvalue weighted by Gasteiger charge is 2.50. The number of carbonyl (C=O) groups excluding carboxylic acids is 2. The minimum absolute atomic E-state index is 0.0613. The van der Waals surface area contributed by atoms with Gasteiger partial charge in [-0.15, -0.1) is 0 Å². The fraction of sp³-hybridized carbons (Fsp3) is 0.308. The molecule has 1 aliphatic heterocycles. The maximum Gasteiger partial charge on any atom is 0.267 e. The van der Waals surface area contributed by atoms with Crippen LogP contribution in [0.4, 0.5) is 4.39 Å². The van der Waals surface area contributed by atoms with Crippen molar-refractivity contribution in [3.63, 3.8) is 0 Å². The summed E-state index contributed by atoms with van der Waals surface area (Å²) in [5.41, 5.74) is 6.93. The number of halogens is 1. The summed E-state index contributed by atoms with van der Waals surface area (Å²) in [4.78, 5) is 36.2. The molecule has 0 radical (unpaired) electrons. The minimum Gasteiger partial charge on any atom is -0.369 e. The minimum atomic E-state index is -1.51. The Morgan fingerprint density at radius 3 is 2.63 bits per heavy atom. The number of aryl methyl sites for hydroxylation is 1. The van der Waals surface area contributed by atoms with Crippen LogP contribution in [0, 0.1) is 5.95 Å². The number of amides is 2. The highest BCUT2D eigenvalue weighted by molar-refractivity contribution is 6.09. The van der Waals surface area contributed by atoms with Gasteiger partial charge in [0.25, 0.3) is 11.8 Å². The summed E-state index contributed by atoms with van der Waals surface area (Å²) in [6.45, 7) is 5.07. The number of carbonyl (C=O) groups is 2. The normalized spacial score (nSPS) is 17.5. The van der Waals surface area contributed by atoms with E-state index in [1.165, 1.54) is 11.1 Å². The van der Waals surface area contributed by atoms with Crippen molar-refractivity contribution in [2.24, 2.45) is 10.7 Å². The van der Waals surface area contributed by atoms with Gasteiger partial charge in [0.05, 0.1) is 0 Å². The summed E-state index contributed by atoms with van der Waals surface area (Å²) in [5.74, 6) is -1.13. The zero-order valence-electron chi connectivity index (χ0n) is 20.1. The molecule has 2 amide bonds. The van der Waals surface area contributed by atoms with Gasteiger partial charge >= 0.3 is 0 Å². The molecule has 0 saturated heterocycles. The van der Waals surface area contributed by atoms with Crippen molar-refractivity contribution in [1.29, 1.82) is 0 Å². The third-order valence-corrected chi connectivity index (χ3v) is 6.29. The molecular weight excluding hydrogens is 447 g/mol. The van der Waals surface area contributed by atoms with E-state index in [9.17, 15) is 14.0 Å². The molecule has 1 aliphatic rings. The van der Waals surface area contributed by atoms with Gasteiger partial charge in [0.15, 0.2) is 11.5 Å². The van der Waals surface area contributed by atoms with Crippen LogP contribution >= 0.6 is 0 Å². The molecule has 3 N–H and O–H groups in total. The average molecular weight is 477 g/mol. The first-order valence-corrected chi connectivity index (χ1v) is 11.7. The number of benzene rings is 1. The maximum absolute atomic E-state index is 14.4. The average Bonchev–Trinajstić information content (AvgIpc) is 3.40. The number of nitrogens with one attached hydrogen (secondary N) is 1. The molecule has 3 heterocycles. The lowest BCUT2D eigenvalue weighted by Gasteiger charge is -2.25. The van der Waals surface area contributed by atoms with Crippen molar-refractivity contribution in [2.45, 2.75) is 38.8 Å². The monoisotopic (exact) mass is 476 g/mol. The van der Waals surface area contributed by atoms with Gasteiger partial charge in [0.1, 0.15) is 5.69 Å². The van der Waals surface area contributed by atoms with E-state index in [4.69, 9.17) is 5.73 Å². The second-order valence-corrected chi connectivity index (χ2v) is 8.48. The van der Waals surface area contributed by atoms with Crippen LogP contribution in [0.5, 0.6) is 0 Å². The van der Waals surface area contributed by atoms with Crippen molar-refractivity contribution in [1.82, 2.24) is 19.8 Å². The fourth-order valence-electron chi connectivity index (χ4n) is 4.33. The first-order chi connectivity index (χ1) is 16.8. The van der Waals surface area contributed by atoms with Crippen molar-refractivity contribution in [3.8, 4) is 11.1 Å². The molecule has 35 heavy (non-hydrogen) atoms. The standard InChI is InChI=1S/C26H29FN6O2/c1-4-6-12-30-23(34)21-15-19(16-33(21)5-2)26(24(35)32(3)25(28)31-26)18-10-7-9-17(14-18)20-11-8-13-29-22(20)27/h7-11,13-16H,4-6,12H2,1-3H3,(H2,28,31)(H,30,34). The number of aromatic nitrogens is 2. The molecule has 0 saturated carbocycles. The van der Waals surface area contributed by atoms with E-state index in [0.29, 0.717) is 41.0 Å². The van der Waals surface area contributed by atoms with Crippen LogP contribution < -0.4 is 11.1 Å². The molecular formula is C26H29FN6O2. The van der Waals surface area contributed by atoms with Crippen molar-refractivity contribution >= 4 is 17.8 Å². The van der Waals surface area contributed by atoms with Crippen molar-refractivity contribution in [2.75, 3.05) is 13.6 Å². The van der Waals surface area contributed by atoms with Crippen LogP contribution in [0.15, 0.2) is 59.9 Å². The van der Waals surface area contributed by atoms with E-state index in [1.54, 1.807) is 60.3 Å². The second-order valence-electron chi connectivity index (χ2n) is 8.48. The predicted molar refractivity (Wildman–Crippen MR) is 132 cm³/mol. The van der Waals surface area contributed by atoms with Crippen LogP contribution in [0.25, 0.3) is 11.1 Å². The Hall–Kier alpha value is -4.01. The highest BCUT2D eigenvalue weighted by Crippen LogP contribution is 2.41. The Morgan fingerprint density at radius 1 is 1.17 bits per heavy atom. The number of hydrogen-bond acceptors (Lipinski definition) is 5. The molecule has 4 rings (SSSR count). The fourth-order valence-corrected chi connectivity index (χ4v) is 4.33. The Bertz CT molecular complexity index is 1300. The van der Waals surface area contributed by atoms with Gasteiger partial charge in [0, 0.05) is 43.7 Å². The summed E-state index contributed by atoms with van der Waals surface area (Å²) >= 11 is 0. The molecule has 0 aliphatic carbocycles. The first kappa shape index (κ1) is 24.1. The van der Waals surface area contributed by atoms with Gasteiger partial charge < -0.3 is 15.6 Å². The number of likely N-dealkylation sites (N-methyl/N-ethyl adjacent to an activating group) is 1. The Morgan fingerprint density at radius 2 is 1.97 bits per heavy atom. The third-order valence-electron chi connectivity index (χ3n) is 6.29. The summed E-state index contributed by atoms with van der Waals surface area (Å²) in [5, 5.41) is 2.93. The van der Waals surface area contributed by atoms with Gasteiger partial charge in [-0.2, -0.15) is 4.39 Å². The number of nitrogens with two attached hydrogens (primary N) is 1. The topological polar surface area (TPSA) is 106 Å². The second kappa shape index (κ2) is 9.69. The van der Waals surface area contributed by atoms with Crippen LogP contribution in [0.2, 0.25) is 0 Å². The number of guanidine groups is 1. The molecule has 1 aromatic carbocycles. The van der Waals surface area contributed by atoms with Crippen molar-refractivity contribution < 1.29 is 14.0 Å². The van der Waals surface area contributed by atoms with E-state index in [0.717, 1.165) is 12.8 Å². The third kappa shape index (κ3) is 4.18. The molecule has 1 unspecified atom stereocenters. The van der Waals surface area contributed by atoms with E-state index < -0.39 is 11.5 Å². The van der Waals surface area contributed by atoms with Gasteiger partial charge in [-0.05, 0) is 48.7 Å². The zero-order valence-corrected chi connectivity index (χ0v) is 20.1. The lowest BCUT2D eigenvalue weighted by Crippen LogP contribution is -2.41. The molecule has 182 valence electrons. The highest BCUT2D eigenvalue weighted by atomic mass is 19.1. The van der Waals surface area contributed by atoms with Gasteiger partial charge in [-0.25, -0.2) is 9.98 Å². The summed E-state index contributed by atoms with van der Waals surface area (Å²) < 4.78 is 16.2. The molecule has 9 heteroatoms. The van der Waals surface area contributed by atoms with Gasteiger partial charge in [-0.3, -0.25) is 14.5 Å². The Labute approximate surface area is 203 Å². The van der Waals surface area contributed by atoms with Crippen LogP contribution in [0.3, 0.4) is 0 Å². The lowest BCUT2D eigenvalue weighted by atomic mass is 9.83. The van der Waals surface area contributed by atoms with Crippen LogP contribution in [-0.4, -0.2) is 45.8 Å². The largest absolute Gasteiger partial charge is 0.369 e. The number of hydrogen-bond donors (Lipinski definition) is 2. The zero-order chi connectivity index (χ0) is 25.2. The molecule has 2 aromatic heterocycles. The maximum atomic E-state index is 14.4. The number of aliphatic imine (C=N–C) groups is 1.